The lowest BCUT2D eigenvalue weighted by atomic mass is 10.1. The summed E-state index contributed by atoms with van der Waals surface area (Å²) in [6.07, 6.45) is 2.75. The van der Waals surface area contributed by atoms with Crippen molar-refractivity contribution in [1.29, 1.82) is 5.26 Å². The SMILES string of the molecule is CC(=O)Nc1cc(C#N)cc2c1ccn2S(=O)(=O)c1cccc2c(=O)[nH]ccc12. The van der Waals surface area contributed by atoms with Crippen LogP contribution < -0.4 is 10.9 Å². The lowest BCUT2D eigenvalue weighted by Gasteiger charge is -2.11. The zero-order valence-electron chi connectivity index (χ0n) is 15.1. The first-order valence-corrected chi connectivity index (χ1v) is 9.96. The number of carbonyl (C=O) groups is 1. The van der Waals surface area contributed by atoms with E-state index in [1.54, 1.807) is 12.1 Å². The Kier molecular flexibility index (Phi) is 4.21. The molecule has 0 unspecified atom stereocenters. The minimum Gasteiger partial charge on any atom is -0.329 e. The van der Waals surface area contributed by atoms with Gasteiger partial charge in [-0.25, -0.2) is 12.4 Å². The molecule has 0 aliphatic rings. The van der Waals surface area contributed by atoms with E-state index in [0.717, 1.165) is 3.97 Å². The number of benzene rings is 2. The van der Waals surface area contributed by atoms with Gasteiger partial charge in [0.1, 0.15) is 0 Å². The van der Waals surface area contributed by atoms with Gasteiger partial charge >= 0.3 is 0 Å². The number of nitriles is 1. The molecular formula is C20H14N4O4S. The fourth-order valence-electron chi connectivity index (χ4n) is 3.31. The van der Waals surface area contributed by atoms with Crippen molar-refractivity contribution in [3.05, 3.63) is 70.8 Å². The van der Waals surface area contributed by atoms with Gasteiger partial charge in [-0.2, -0.15) is 5.26 Å². The quantitative estimate of drug-likeness (QED) is 0.541. The van der Waals surface area contributed by atoms with Crippen LogP contribution >= 0.6 is 0 Å². The third kappa shape index (κ3) is 2.96. The first kappa shape index (κ1) is 18.5. The van der Waals surface area contributed by atoms with Crippen molar-refractivity contribution in [1.82, 2.24) is 8.96 Å². The van der Waals surface area contributed by atoms with Gasteiger partial charge in [0.15, 0.2) is 0 Å². The minimum atomic E-state index is -4.09. The standard InChI is InChI=1S/C20H14N4O4S/c1-12(25)23-17-9-13(11-21)10-18-16(17)6-8-24(18)29(27,28)19-4-2-3-15-14(19)5-7-22-20(15)26/h2-10H,1H3,(H,22,26)(H,23,25). The molecule has 144 valence electrons. The molecule has 0 saturated carbocycles. The van der Waals surface area contributed by atoms with Crippen LogP contribution in [0.4, 0.5) is 5.69 Å². The highest BCUT2D eigenvalue weighted by atomic mass is 32.2. The fraction of sp³-hybridized carbons (Fsp3) is 0.0500. The van der Waals surface area contributed by atoms with E-state index in [4.69, 9.17) is 0 Å². The first-order chi connectivity index (χ1) is 13.8. The van der Waals surface area contributed by atoms with E-state index >= 15 is 0 Å². The molecule has 2 aromatic heterocycles. The van der Waals surface area contributed by atoms with Gasteiger partial charge in [0.2, 0.25) is 5.91 Å². The number of H-pyrrole nitrogens is 1. The third-order valence-corrected chi connectivity index (χ3v) is 6.27. The third-order valence-electron chi connectivity index (χ3n) is 4.52. The number of aromatic amines is 1. The first-order valence-electron chi connectivity index (χ1n) is 8.52. The van der Waals surface area contributed by atoms with Crippen molar-refractivity contribution in [2.45, 2.75) is 11.8 Å². The van der Waals surface area contributed by atoms with Crippen LogP contribution in [0.25, 0.3) is 21.7 Å². The summed E-state index contributed by atoms with van der Waals surface area (Å²) in [5, 5.41) is 12.9. The Labute approximate surface area is 165 Å². The lowest BCUT2D eigenvalue weighted by molar-refractivity contribution is -0.114. The average molecular weight is 406 g/mol. The topological polar surface area (TPSA) is 125 Å². The van der Waals surface area contributed by atoms with E-state index in [1.807, 2.05) is 6.07 Å². The predicted molar refractivity (Wildman–Crippen MR) is 108 cm³/mol. The zero-order valence-corrected chi connectivity index (χ0v) is 15.9. The van der Waals surface area contributed by atoms with E-state index in [1.165, 1.54) is 49.6 Å². The van der Waals surface area contributed by atoms with Crippen molar-refractivity contribution >= 4 is 43.3 Å². The van der Waals surface area contributed by atoms with Crippen LogP contribution in [-0.4, -0.2) is 23.3 Å². The maximum atomic E-state index is 13.4. The molecule has 0 spiro atoms. The Morgan fingerprint density at radius 1 is 1.14 bits per heavy atom. The highest BCUT2D eigenvalue weighted by molar-refractivity contribution is 7.90. The molecule has 0 atom stereocenters. The van der Waals surface area contributed by atoms with Gasteiger partial charge < -0.3 is 10.3 Å². The van der Waals surface area contributed by atoms with Crippen molar-refractivity contribution in [2.75, 3.05) is 5.32 Å². The molecule has 4 rings (SSSR count). The van der Waals surface area contributed by atoms with Gasteiger partial charge in [0, 0.05) is 35.5 Å². The number of aromatic nitrogens is 2. The van der Waals surface area contributed by atoms with E-state index in [9.17, 15) is 23.3 Å². The molecule has 0 bridgehead atoms. The van der Waals surface area contributed by atoms with E-state index in [2.05, 4.69) is 10.3 Å². The lowest BCUT2D eigenvalue weighted by Crippen LogP contribution is -2.14. The Morgan fingerprint density at radius 3 is 2.66 bits per heavy atom. The number of rotatable bonds is 3. The van der Waals surface area contributed by atoms with Gasteiger partial charge in [0.05, 0.1) is 27.7 Å². The van der Waals surface area contributed by atoms with Crippen LogP contribution in [0.2, 0.25) is 0 Å². The zero-order chi connectivity index (χ0) is 20.8. The number of hydrogen-bond acceptors (Lipinski definition) is 5. The fourth-order valence-corrected chi connectivity index (χ4v) is 4.86. The average Bonchev–Trinajstić information content (AvgIpc) is 3.12. The Balaban J connectivity index is 2.03. The highest BCUT2D eigenvalue weighted by Gasteiger charge is 2.23. The second-order valence-corrected chi connectivity index (χ2v) is 8.17. The van der Waals surface area contributed by atoms with Gasteiger partial charge in [0.25, 0.3) is 15.6 Å². The summed E-state index contributed by atoms with van der Waals surface area (Å²) in [5.41, 5.74) is 0.395. The van der Waals surface area contributed by atoms with Gasteiger partial charge in [-0.15, -0.1) is 0 Å². The van der Waals surface area contributed by atoms with E-state index in [0.29, 0.717) is 11.1 Å². The molecule has 0 saturated heterocycles. The number of nitrogens with one attached hydrogen (secondary N) is 2. The number of anilines is 1. The highest BCUT2D eigenvalue weighted by Crippen LogP contribution is 2.31. The molecule has 4 aromatic rings. The molecule has 1 amide bonds. The smallest absolute Gasteiger partial charge is 0.268 e. The summed E-state index contributed by atoms with van der Waals surface area (Å²) in [4.78, 5) is 26.0. The second kappa shape index (κ2) is 6.61. The molecule has 9 heteroatoms. The maximum Gasteiger partial charge on any atom is 0.268 e. The molecule has 29 heavy (non-hydrogen) atoms. The molecule has 0 aliphatic carbocycles. The molecule has 2 aromatic carbocycles. The summed E-state index contributed by atoms with van der Waals surface area (Å²) < 4.78 is 27.9. The summed E-state index contributed by atoms with van der Waals surface area (Å²) in [7, 11) is -4.09. The number of carbonyl (C=O) groups excluding carboxylic acids is 1. The number of pyridine rings is 1. The monoisotopic (exact) mass is 406 g/mol. The predicted octanol–water partition coefficient (Wildman–Crippen LogP) is 2.55. The van der Waals surface area contributed by atoms with Crippen LogP contribution in [0.15, 0.2) is 64.5 Å². The van der Waals surface area contributed by atoms with Gasteiger partial charge in [-0.05, 0) is 36.4 Å². The van der Waals surface area contributed by atoms with Crippen LogP contribution in [0, 0.1) is 11.3 Å². The molecular weight excluding hydrogens is 392 g/mol. The largest absolute Gasteiger partial charge is 0.329 e. The van der Waals surface area contributed by atoms with Crippen molar-refractivity contribution < 1.29 is 13.2 Å². The molecule has 0 aliphatic heterocycles. The Hall–Kier alpha value is -3.90. The molecule has 2 heterocycles. The molecule has 8 nitrogen and oxygen atoms in total. The van der Waals surface area contributed by atoms with Crippen LogP contribution in [0.1, 0.15) is 12.5 Å². The van der Waals surface area contributed by atoms with Gasteiger partial charge in [-0.1, -0.05) is 6.07 Å². The number of fused-ring (bicyclic) bond motifs is 2. The van der Waals surface area contributed by atoms with Crippen LogP contribution in [0.5, 0.6) is 0 Å². The summed E-state index contributed by atoms with van der Waals surface area (Å²) in [6, 6.07) is 12.4. The Morgan fingerprint density at radius 2 is 1.93 bits per heavy atom. The minimum absolute atomic E-state index is 0.0398. The number of hydrogen-bond donors (Lipinski definition) is 2. The van der Waals surface area contributed by atoms with Crippen molar-refractivity contribution in [2.24, 2.45) is 0 Å². The maximum absolute atomic E-state index is 13.4. The van der Waals surface area contributed by atoms with Crippen LogP contribution in [-0.2, 0) is 14.8 Å². The van der Waals surface area contributed by atoms with Crippen molar-refractivity contribution in [3.63, 3.8) is 0 Å². The summed E-state index contributed by atoms with van der Waals surface area (Å²) in [5.74, 6) is -0.342. The van der Waals surface area contributed by atoms with Crippen molar-refractivity contribution in [3.8, 4) is 6.07 Å². The Bertz CT molecular complexity index is 1510. The summed E-state index contributed by atoms with van der Waals surface area (Å²) >= 11 is 0. The van der Waals surface area contributed by atoms with Crippen LogP contribution in [0.3, 0.4) is 0 Å². The van der Waals surface area contributed by atoms with Gasteiger partial charge in [-0.3, -0.25) is 9.59 Å². The normalized spacial score (nSPS) is 11.4. The summed E-state index contributed by atoms with van der Waals surface area (Å²) in [6.45, 7) is 1.33. The number of nitrogens with zero attached hydrogens (tertiary/aromatic N) is 2. The second-order valence-electron chi connectivity index (χ2n) is 6.39. The molecule has 0 radical (unpaired) electrons. The molecule has 0 fully saturated rings. The van der Waals surface area contributed by atoms with E-state index in [-0.39, 0.29) is 32.7 Å². The molecule has 2 N–H and O–H groups in total. The number of amides is 1. The van der Waals surface area contributed by atoms with E-state index < -0.39 is 15.6 Å².